The van der Waals surface area contributed by atoms with Crippen LogP contribution in [0.5, 0.6) is 0 Å². The maximum Gasteiger partial charge on any atom is 0.169 e. The predicted octanol–water partition coefficient (Wildman–Crippen LogP) is 3.49. The minimum atomic E-state index is 0.421. The molecule has 0 radical (unpaired) electrons. The fourth-order valence-electron chi connectivity index (χ4n) is 1.45. The lowest BCUT2D eigenvalue weighted by Gasteiger charge is -2.29. The van der Waals surface area contributed by atoms with Crippen molar-refractivity contribution < 1.29 is 0 Å². The molecule has 4 heteroatoms. The molecule has 1 heterocycles. The number of nitrogens with one attached hydrogen (secondary N) is 1. The molecule has 0 bridgehead atoms. The number of thiocarbonyl (C=S) groups is 1. The molecule has 1 rings (SSSR count). The van der Waals surface area contributed by atoms with E-state index in [0.717, 1.165) is 18.2 Å². The number of thiophene rings is 1. The summed E-state index contributed by atoms with van der Waals surface area (Å²) in [5.74, 6) is 0.615. The Morgan fingerprint density at radius 1 is 1.41 bits per heavy atom. The van der Waals surface area contributed by atoms with Crippen molar-refractivity contribution in [2.75, 3.05) is 6.54 Å². The summed E-state index contributed by atoms with van der Waals surface area (Å²) in [6.45, 7) is 10.6. The maximum absolute atomic E-state index is 5.46. The zero-order valence-corrected chi connectivity index (χ0v) is 12.7. The van der Waals surface area contributed by atoms with Crippen LogP contribution in [0.4, 0.5) is 0 Å². The van der Waals surface area contributed by atoms with Gasteiger partial charge in [-0.1, -0.05) is 19.9 Å². The summed E-state index contributed by atoms with van der Waals surface area (Å²) in [5.41, 5.74) is 0. The summed E-state index contributed by atoms with van der Waals surface area (Å²) in [7, 11) is 0. The van der Waals surface area contributed by atoms with E-state index in [9.17, 15) is 0 Å². The molecule has 0 amide bonds. The Balaban J connectivity index is 2.56. The summed E-state index contributed by atoms with van der Waals surface area (Å²) in [5, 5.41) is 6.31. The number of rotatable bonds is 5. The van der Waals surface area contributed by atoms with Crippen molar-refractivity contribution >= 4 is 28.7 Å². The molecule has 0 aromatic carbocycles. The van der Waals surface area contributed by atoms with E-state index in [1.807, 2.05) is 0 Å². The summed E-state index contributed by atoms with van der Waals surface area (Å²) in [6, 6.07) is 4.66. The first kappa shape index (κ1) is 14.5. The summed E-state index contributed by atoms with van der Waals surface area (Å²) < 4.78 is 0. The van der Waals surface area contributed by atoms with Crippen molar-refractivity contribution in [3.63, 3.8) is 0 Å². The van der Waals surface area contributed by atoms with E-state index in [-0.39, 0.29) is 0 Å². The van der Waals surface area contributed by atoms with Gasteiger partial charge in [-0.2, -0.15) is 0 Å². The van der Waals surface area contributed by atoms with E-state index in [1.165, 1.54) is 4.88 Å². The molecular formula is C13H22N2S2. The highest BCUT2D eigenvalue weighted by atomic mass is 32.1. The molecule has 1 aromatic heterocycles. The lowest BCUT2D eigenvalue weighted by molar-refractivity contribution is 0.338. The quantitative estimate of drug-likeness (QED) is 0.825. The second kappa shape index (κ2) is 6.97. The number of hydrogen-bond donors (Lipinski definition) is 1. The lowest BCUT2D eigenvalue weighted by Crippen LogP contribution is -2.44. The van der Waals surface area contributed by atoms with Crippen LogP contribution in [0.1, 0.15) is 32.6 Å². The van der Waals surface area contributed by atoms with Gasteiger partial charge in [0, 0.05) is 17.5 Å². The average molecular weight is 270 g/mol. The van der Waals surface area contributed by atoms with Gasteiger partial charge in [-0.25, -0.2) is 0 Å². The highest BCUT2D eigenvalue weighted by molar-refractivity contribution is 7.80. The third-order valence-electron chi connectivity index (χ3n) is 2.45. The van der Waals surface area contributed by atoms with Gasteiger partial charge in [0.25, 0.3) is 0 Å². The Hall–Kier alpha value is -0.610. The van der Waals surface area contributed by atoms with Gasteiger partial charge in [-0.3, -0.25) is 0 Å². The SMILES string of the molecule is CC(C)CNC(=S)N(Cc1cccs1)C(C)C. The van der Waals surface area contributed by atoms with Gasteiger partial charge >= 0.3 is 0 Å². The van der Waals surface area contributed by atoms with Crippen LogP contribution in [-0.2, 0) is 6.54 Å². The summed E-state index contributed by atoms with van der Waals surface area (Å²) >= 11 is 7.24. The van der Waals surface area contributed by atoms with Gasteiger partial charge in [-0.15, -0.1) is 11.3 Å². The number of nitrogens with zero attached hydrogens (tertiary/aromatic N) is 1. The van der Waals surface area contributed by atoms with Crippen molar-refractivity contribution in [2.24, 2.45) is 5.92 Å². The first-order valence-electron chi connectivity index (χ1n) is 6.07. The van der Waals surface area contributed by atoms with Gasteiger partial charge in [0.05, 0.1) is 6.54 Å². The molecule has 1 N–H and O–H groups in total. The minimum absolute atomic E-state index is 0.421. The normalized spacial score (nSPS) is 10.9. The lowest BCUT2D eigenvalue weighted by atomic mass is 10.2. The Kier molecular flexibility index (Phi) is 5.92. The van der Waals surface area contributed by atoms with E-state index < -0.39 is 0 Å². The van der Waals surface area contributed by atoms with Crippen molar-refractivity contribution in [3.05, 3.63) is 22.4 Å². The number of hydrogen-bond acceptors (Lipinski definition) is 2. The first-order chi connectivity index (χ1) is 8.00. The topological polar surface area (TPSA) is 15.3 Å². The monoisotopic (exact) mass is 270 g/mol. The Labute approximate surface area is 114 Å². The molecule has 0 spiro atoms. The highest BCUT2D eigenvalue weighted by Crippen LogP contribution is 2.14. The van der Waals surface area contributed by atoms with Crippen LogP contribution in [-0.4, -0.2) is 22.6 Å². The molecule has 0 atom stereocenters. The van der Waals surface area contributed by atoms with Crippen molar-refractivity contribution in [3.8, 4) is 0 Å². The second-order valence-electron chi connectivity index (χ2n) is 4.88. The predicted molar refractivity (Wildman–Crippen MR) is 80.4 cm³/mol. The van der Waals surface area contributed by atoms with Gasteiger partial charge in [-0.05, 0) is 43.4 Å². The van der Waals surface area contributed by atoms with Gasteiger partial charge in [0.15, 0.2) is 5.11 Å². The Bertz CT molecular complexity index is 331. The van der Waals surface area contributed by atoms with Crippen LogP contribution in [0.3, 0.4) is 0 Å². The van der Waals surface area contributed by atoms with E-state index in [0.29, 0.717) is 12.0 Å². The molecule has 17 heavy (non-hydrogen) atoms. The fourth-order valence-corrected chi connectivity index (χ4v) is 2.51. The molecule has 0 fully saturated rings. The van der Waals surface area contributed by atoms with Crippen LogP contribution in [0.25, 0.3) is 0 Å². The molecule has 2 nitrogen and oxygen atoms in total. The second-order valence-corrected chi connectivity index (χ2v) is 6.30. The van der Waals surface area contributed by atoms with E-state index in [1.54, 1.807) is 11.3 Å². The third-order valence-corrected chi connectivity index (χ3v) is 3.69. The van der Waals surface area contributed by atoms with E-state index >= 15 is 0 Å². The highest BCUT2D eigenvalue weighted by Gasteiger charge is 2.14. The van der Waals surface area contributed by atoms with Crippen LogP contribution in [0.2, 0.25) is 0 Å². The van der Waals surface area contributed by atoms with Crippen molar-refractivity contribution in [1.82, 2.24) is 10.2 Å². The zero-order valence-electron chi connectivity index (χ0n) is 11.1. The Morgan fingerprint density at radius 2 is 2.12 bits per heavy atom. The Morgan fingerprint density at radius 3 is 2.59 bits per heavy atom. The molecular weight excluding hydrogens is 248 g/mol. The molecule has 96 valence electrons. The van der Waals surface area contributed by atoms with Crippen LogP contribution in [0.15, 0.2) is 17.5 Å². The summed E-state index contributed by atoms with van der Waals surface area (Å²) in [4.78, 5) is 3.59. The molecule has 1 aromatic rings. The van der Waals surface area contributed by atoms with Crippen molar-refractivity contribution in [2.45, 2.75) is 40.3 Å². The molecule has 0 unspecified atom stereocenters. The van der Waals surface area contributed by atoms with Crippen LogP contribution < -0.4 is 5.32 Å². The van der Waals surface area contributed by atoms with Crippen molar-refractivity contribution in [1.29, 1.82) is 0 Å². The third kappa shape index (κ3) is 5.04. The fraction of sp³-hybridized carbons (Fsp3) is 0.615. The van der Waals surface area contributed by atoms with Crippen LogP contribution >= 0.6 is 23.6 Å². The minimum Gasteiger partial charge on any atom is -0.362 e. The molecule has 0 aliphatic rings. The van der Waals surface area contributed by atoms with Gasteiger partial charge in [0.1, 0.15) is 0 Å². The molecule has 0 aliphatic carbocycles. The maximum atomic E-state index is 5.46. The molecule has 0 saturated carbocycles. The molecule has 0 saturated heterocycles. The molecule has 0 aliphatic heterocycles. The van der Waals surface area contributed by atoms with Gasteiger partial charge < -0.3 is 10.2 Å². The average Bonchev–Trinajstić information content (AvgIpc) is 2.74. The van der Waals surface area contributed by atoms with Gasteiger partial charge in [0.2, 0.25) is 0 Å². The van der Waals surface area contributed by atoms with Crippen LogP contribution in [0, 0.1) is 5.92 Å². The smallest absolute Gasteiger partial charge is 0.169 e. The summed E-state index contributed by atoms with van der Waals surface area (Å²) in [6.07, 6.45) is 0. The zero-order chi connectivity index (χ0) is 12.8. The van der Waals surface area contributed by atoms with E-state index in [2.05, 4.69) is 55.4 Å². The van der Waals surface area contributed by atoms with E-state index in [4.69, 9.17) is 12.2 Å². The largest absolute Gasteiger partial charge is 0.362 e. The standard InChI is InChI=1S/C13H22N2S2/c1-10(2)8-14-13(16)15(11(3)4)9-12-6-5-7-17-12/h5-7,10-11H,8-9H2,1-4H3,(H,14,16). The first-order valence-corrected chi connectivity index (χ1v) is 7.36.